The van der Waals surface area contributed by atoms with Gasteiger partial charge in [-0.3, -0.25) is 4.90 Å². The van der Waals surface area contributed by atoms with Crippen LogP contribution in [0.2, 0.25) is 0 Å². The van der Waals surface area contributed by atoms with Crippen LogP contribution < -0.4 is 0 Å². The minimum absolute atomic E-state index is 0.187. The van der Waals surface area contributed by atoms with Gasteiger partial charge in [0, 0.05) is 13.1 Å². The van der Waals surface area contributed by atoms with Crippen LogP contribution in [0.15, 0.2) is 0 Å². The lowest BCUT2D eigenvalue weighted by Crippen LogP contribution is -2.30. The summed E-state index contributed by atoms with van der Waals surface area (Å²) in [4.78, 5) is 2.13. The van der Waals surface area contributed by atoms with E-state index in [4.69, 9.17) is 10.2 Å². The number of aliphatic hydroxyl groups excluding tert-OH is 2. The van der Waals surface area contributed by atoms with Gasteiger partial charge < -0.3 is 10.2 Å². The number of rotatable bonds is 14. The van der Waals surface area contributed by atoms with Crippen molar-refractivity contribution in [1.29, 1.82) is 0 Å². The van der Waals surface area contributed by atoms with Gasteiger partial charge in [0.15, 0.2) is 0 Å². The molecule has 0 aliphatic heterocycles. The largest absolute Gasteiger partial charge is 0.395 e. The summed E-state index contributed by atoms with van der Waals surface area (Å²) in [5, 5.41) is 17.8. The van der Waals surface area contributed by atoms with Crippen molar-refractivity contribution in [2.75, 3.05) is 32.8 Å². The van der Waals surface area contributed by atoms with E-state index in [2.05, 4.69) is 11.8 Å². The minimum atomic E-state index is 0.187. The highest BCUT2D eigenvalue weighted by Gasteiger charge is 2.02. The molecule has 0 aromatic carbocycles. The molecule has 0 bridgehead atoms. The summed E-state index contributed by atoms with van der Waals surface area (Å²) >= 11 is 0. The molecule has 0 rings (SSSR count). The maximum atomic E-state index is 8.88. The fourth-order valence-electron chi connectivity index (χ4n) is 2.19. The summed E-state index contributed by atoms with van der Waals surface area (Å²) in [5.41, 5.74) is 0. The van der Waals surface area contributed by atoms with Gasteiger partial charge in [0.2, 0.25) is 0 Å². The average molecular weight is 258 g/mol. The van der Waals surface area contributed by atoms with E-state index in [0.29, 0.717) is 13.1 Å². The normalized spacial score (nSPS) is 11.3. The van der Waals surface area contributed by atoms with Gasteiger partial charge in [-0.2, -0.15) is 0 Å². The molecule has 0 unspecified atom stereocenters. The zero-order valence-electron chi connectivity index (χ0n) is 11.9. The van der Waals surface area contributed by atoms with E-state index in [0.717, 1.165) is 13.0 Å². The van der Waals surface area contributed by atoms with Crippen LogP contribution in [-0.2, 0) is 0 Å². The highest BCUT2D eigenvalue weighted by Crippen LogP contribution is 2.09. The summed E-state index contributed by atoms with van der Waals surface area (Å²) in [7, 11) is 0. The summed E-state index contributed by atoms with van der Waals surface area (Å²) < 4.78 is 0. The van der Waals surface area contributed by atoms with Crippen molar-refractivity contribution in [2.24, 2.45) is 0 Å². The van der Waals surface area contributed by atoms with Crippen molar-refractivity contribution in [3.8, 4) is 0 Å². The number of hydrogen-bond acceptors (Lipinski definition) is 3. The average Bonchev–Trinajstić information content (AvgIpc) is 2.37. The SMILES string of the molecule is [CH2]CCCCCCCCCCN(CCO)CCO. The molecule has 0 amide bonds. The smallest absolute Gasteiger partial charge is 0.0558 e. The van der Waals surface area contributed by atoms with Crippen LogP contribution in [0.25, 0.3) is 0 Å². The number of unbranched alkanes of at least 4 members (excludes halogenated alkanes) is 8. The summed E-state index contributed by atoms with van der Waals surface area (Å²) in [6.07, 6.45) is 11.5. The van der Waals surface area contributed by atoms with E-state index in [9.17, 15) is 0 Å². The predicted octanol–water partition coefficient (Wildman–Crippen LogP) is 2.62. The lowest BCUT2D eigenvalue weighted by Gasteiger charge is -2.19. The zero-order chi connectivity index (χ0) is 13.5. The Kier molecular flexibility index (Phi) is 14.8. The summed E-state index contributed by atoms with van der Waals surface area (Å²) in [6, 6.07) is 0. The Hall–Kier alpha value is -0.120. The van der Waals surface area contributed by atoms with E-state index >= 15 is 0 Å². The number of hydrogen-bond donors (Lipinski definition) is 2. The second-order valence-corrected chi connectivity index (χ2v) is 4.97. The van der Waals surface area contributed by atoms with E-state index in [-0.39, 0.29) is 13.2 Å². The van der Waals surface area contributed by atoms with Gasteiger partial charge in [0.1, 0.15) is 0 Å². The molecular weight excluding hydrogens is 226 g/mol. The Morgan fingerprint density at radius 3 is 1.50 bits per heavy atom. The van der Waals surface area contributed by atoms with Crippen LogP contribution in [0.3, 0.4) is 0 Å². The van der Waals surface area contributed by atoms with Gasteiger partial charge >= 0.3 is 0 Å². The molecule has 0 aliphatic rings. The summed E-state index contributed by atoms with van der Waals surface area (Å²) in [6.45, 7) is 6.60. The molecular formula is C15H32NO2. The van der Waals surface area contributed by atoms with Crippen LogP contribution in [-0.4, -0.2) is 48.0 Å². The van der Waals surface area contributed by atoms with Crippen LogP contribution >= 0.6 is 0 Å². The molecule has 3 heteroatoms. The lowest BCUT2D eigenvalue weighted by molar-refractivity contribution is 0.159. The highest BCUT2D eigenvalue weighted by atomic mass is 16.3. The van der Waals surface area contributed by atoms with E-state index < -0.39 is 0 Å². The second kappa shape index (κ2) is 14.9. The molecule has 0 atom stereocenters. The standard InChI is InChI=1S/C15H32NO2/c1-2-3-4-5-6-7-8-9-10-11-16(12-14-17)13-15-18/h17-18H,1-15H2. The topological polar surface area (TPSA) is 43.7 Å². The van der Waals surface area contributed by atoms with Crippen molar-refractivity contribution >= 4 is 0 Å². The predicted molar refractivity (Wildman–Crippen MR) is 77.5 cm³/mol. The van der Waals surface area contributed by atoms with Crippen LogP contribution in [0.4, 0.5) is 0 Å². The Balaban J connectivity index is 3.21. The maximum absolute atomic E-state index is 8.88. The molecule has 2 N–H and O–H groups in total. The molecule has 0 heterocycles. The fourth-order valence-corrected chi connectivity index (χ4v) is 2.19. The highest BCUT2D eigenvalue weighted by molar-refractivity contribution is 4.57. The molecule has 3 nitrogen and oxygen atoms in total. The van der Waals surface area contributed by atoms with Crippen LogP contribution in [0.1, 0.15) is 57.8 Å². The Labute approximate surface area is 113 Å². The van der Waals surface area contributed by atoms with Crippen molar-refractivity contribution in [1.82, 2.24) is 4.90 Å². The molecule has 1 radical (unpaired) electrons. The number of nitrogens with zero attached hydrogens (tertiary/aromatic N) is 1. The first kappa shape index (κ1) is 17.9. The molecule has 0 aromatic rings. The van der Waals surface area contributed by atoms with Crippen LogP contribution in [0, 0.1) is 6.92 Å². The molecule has 0 aromatic heterocycles. The van der Waals surface area contributed by atoms with Crippen molar-refractivity contribution in [2.45, 2.75) is 57.8 Å². The Morgan fingerprint density at radius 2 is 1.06 bits per heavy atom. The van der Waals surface area contributed by atoms with Gasteiger partial charge in [-0.1, -0.05) is 58.3 Å². The molecule has 0 spiro atoms. The zero-order valence-corrected chi connectivity index (χ0v) is 11.9. The van der Waals surface area contributed by atoms with E-state index in [1.807, 2.05) is 0 Å². The third kappa shape index (κ3) is 12.3. The fraction of sp³-hybridized carbons (Fsp3) is 0.933. The monoisotopic (exact) mass is 258 g/mol. The molecule has 0 aliphatic carbocycles. The maximum Gasteiger partial charge on any atom is 0.0558 e. The van der Waals surface area contributed by atoms with E-state index in [1.54, 1.807) is 0 Å². The van der Waals surface area contributed by atoms with Gasteiger partial charge in [0.05, 0.1) is 13.2 Å². The minimum Gasteiger partial charge on any atom is -0.395 e. The number of aliphatic hydroxyl groups is 2. The van der Waals surface area contributed by atoms with Crippen molar-refractivity contribution in [3.05, 3.63) is 6.92 Å². The van der Waals surface area contributed by atoms with Crippen molar-refractivity contribution < 1.29 is 10.2 Å². The summed E-state index contributed by atoms with van der Waals surface area (Å²) in [5.74, 6) is 0. The molecule has 18 heavy (non-hydrogen) atoms. The second-order valence-electron chi connectivity index (χ2n) is 4.97. The first-order chi connectivity index (χ1) is 8.85. The van der Waals surface area contributed by atoms with Gasteiger partial charge in [0.25, 0.3) is 0 Å². The van der Waals surface area contributed by atoms with Crippen LogP contribution in [0.5, 0.6) is 0 Å². The van der Waals surface area contributed by atoms with E-state index in [1.165, 1.54) is 51.4 Å². The third-order valence-corrected chi connectivity index (χ3v) is 3.31. The van der Waals surface area contributed by atoms with Crippen molar-refractivity contribution in [3.63, 3.8) is 0 Å². The molecule has 109 valence electrons. The third-order valence-electron chi connectivity index (χ3n) is 3.31. The molecule has 0 saturated carbocycles. The van der Waals surface area contributed by atoms with Gasteiger partial charge in [-0.05, 0) is 13.0 Å². The molecule has 0 fully saturated rings. The first-order valence-corrected chi connectivity index (χ1v) is 7.58. The van der Waals surface area contributed by atoms with Gasteiger partial charge in [-0.25, -0.2) is 0 Å². The Morgan fingerprint density at radius 1 is 0.611 bits per heavy atom. The Bertz CT molecular complexity index is 147. The van der Waals surface area contributed by atoms with Gasteiger partial charge in [-0.15, -0.1) is 0 Å². The first-order valence-electron chi connectivity index (χ1n) is 7.58. The lowest BCUT2D eigenvalue weighted by atomic mass is 10.1. The quantitative estimate of drug-likeness (QED) is 0.471. The molecule has 0 saturated heterocycles.